The number of fused-ring (bicyclic) bond motifs is 2. The van der Waals surface area contributed by atoms with E-state index in [0.717, 1.165) is 11.1 Å². The Morgan fingerprint density at radius 2 is 1.93 bits per heavy atom. The number of rotatable bonds is 4. The van der Waals surface area contributed by atoms with E-state index in [1.54, 1.807) is 29.1 Å². The lowest BCUT2D eigenvalue weighted by Gasteiger charge is -2.24. The average Bonchev–Trinajstić information content (AvgIpc) is 3.17. The molecule has 0 radical (unpaired) electrons. The average molecular weight is 404 g/mol. The van der Waals surface area contributed by atoms with Crippen LogP contribution >= 0.6 is 0 Å². The minimum Gasteiger partial charge on any atom is -0.486 e. The molecule has 0 saturated heterocycles. The van der Waals surface area contributed by atoms with E-state index in [4.69, 9.17) is 9.47 Å². The fraction of sp³-hybridized carbons (Fsp3) is 0.227. The number of ether oxygens (including phenoxy) is 2. The van der Waals surface area contributed by atoms with Crippen molar-refractivity contribution >= 4 is 23.3 Å². The predicted molar refractivity (Wildman–Crippen MR) is 110 cm³/mol. The van der Waals surface area contributed by atoms with E-state index in [-0.39, 0.29) is 18.2 Å². The van der Waals surface area contributed by atoms with Crippen molar-refractivity contribution < 1.29 is 19.1 Å². The van der Waals surface area contributed by atoms with Gasteiger partial charge >= 0.3 is 0 Å². The monoisotopic (exact) mass is 404 g/mol. The number of amides is 2. The second-order valence-electron chi connectivity index (χ2n) is 7.25. The maximum Gasteiger partial charge on any atom is 0.231 e. The van der Waals surface area contributed by atoms with Gasteiger partial charge in [-0.1, -0.05) is 30.3 Å². The number of carbonyl (C=O) groups is 2. The van der Waals surface area contributed by atoms with Crippen LogP contribution in [0.25, 0.3) is 11.1 Å². The Balaban J connectivity index is 1.27. The van der Waals surface area contributed by atoms with Crippen molar-refractivity contribution in [1.82, 2.24) is 9.78 Å². The molecule has 8 nitrogen and oxygen atoms in total. The van der Waals surface area contributed by atoms with E-state index in [1.165, 1.54) is 0 Å². The largest absolute Gasteiger partial charge is 0.486 e. The molecule has 0 fully saturated rings. The summed E-state index contributed by atoms with van der Waals surface area (Å²) in [5, 5.41) is 10.1. The molecule has 2 aliphatic heterocycles. The number of nitrogens with one attached hydrogen (secondary N) is 2. The summed E-state index contributed by atoms with van der Waals surface area (Å²) in [5.41, 5.74) is 2.45. The van der Waals surface area contributed by atoms with E-state index in [0.29, 0.717) is 42.8 Å². The molecule has 2 aliphatic rings. The van der Waals surface area contributed by atoms with Crippen LogP contribution in [-0.2, 0) is 16.1 Å². The highest BCUT2D eigenvalue weighted by molar-refractivity contribution is 6.00. The molecule has 3 aromatic rings. The summed E-state index contributed by atoms with van der Waals surface area (Å²) in [6.45, 7) is 1.34. The van der Waals surface area contributed by atoms with Crippen LogP contribution in [0.1, 0.15) is 6.42 Å². The van der Waals surface area contributed by atoms with Crippen molar-refractivity contribution in [3.05, 3.63) is 54.7 Å². The van der Waals surface area contributed by atoms with Crippen LogP contribution in [0.4, 0.5) is 11.5 Å². The smallest absolute Gasteiger partial charge is 0.231 e. The topological polar surface area (TPSA) is 94.5 Å². The number of benzene rings is 2. The van der Waals surface area contributed by atoms with Gasteiger partial charge in [-0.2, -0.15) is 5.10 Å². The minimum atomic E-state index is -0.502. The van der Waals surface area contributed by atoms with Gasteiger partial charge in [0.1, 0.15) is 19.0 Å². The van der Waals surface area contributed by atoms with Crippen molar-refractivity contribution in [2.45, 2.75) is 13.0 Å². The number of carbonyl (C=O) groups excluding carboxylic acids is 2. The first-order valence-electron chi connectivity index (χ1n) is 9.79. The van der Waals surface area contributed by atoms with Crippen LogP contribution in [0.5, 0.6) is 11.5 Å². The lowest BCUT2D eigenvalue weighted by atomic mass is 10.0. The number of anilines is 2. The lowest BCUT2D eigenvalue weighted by molar-refractivity contribution is -0.125. The Morgan fingerprint density at radius 1 is 1.13 bits per heavy atom. The number of hydrogen-bond donors (Lipinski definition) is 2. The van der Waals surface area contributed by atoms with Gasteiger partial charge in [-0.3, -0.25) is 9.59 Å². The molecule has 1 aromatic heterocycles. The highest BCUT2D eigenvalue weighted by Gasteiger charge is 2.30. The molecule has 1 unspecified atom stereocenters. The summed E-state index contributed by atoms with van der Waals surface area (Å²) in [7, 11) is 0. The summed E-state index contributed by atoms with van der Waals surface area (Å²) in [6.07, 6.45) is 1.79. The van der Waals surface area contributed by atoms with Crippen molar-refractivity contribution in [1.29, 1.82) is 0 Å². The van der Waals surface area contributed by atoms with Crippen molar-refractivity contribution in [3.63, 3.8) is 0 Å². The summed E-state index contributed by atoms with van der Waals surface area (Å²) in [6, 6.07) is 15.0. The minimum absolute atomic E-state index is 0.0558. The first kappa shape index (κ1) is 18.2. The Bertz CT molecular complexity index is 1110. The molecule has 3 heterocycles. The second kappa shape index (κ2) is 7.55. The standard InChI is InChI=1S/C22H20N4O4/c27-20(24-16-6-7-18-19(11-16)30-9-8-29-18)10-15-13-26-21(25-22(15)28)17(12-23-26)14-4-2-1-3-5-14/h1-7,11-12,15H,8-10,13H2,(H,24,27)(H,25,28). The third-order valence-electron chi connectivity index (χ3n) is 5.19. The van der Waals surface area contributed by atoms with E-state index in [9.17, 15) is 9.59 Å². The van der Waals surface area contributed by atoms with Crippen LogP contribution in [0.15, 0.2) is 54.7 Å². The van der Waals surface area contributed by atoms with Gasteiger partial charge in [0.2, 0.25) is 11.8 Å². The van der Waals surface area contributed by atoms with Crippen LogP contribution in [0.3, 0.4) is 0 Å². The molecular formula is C22H20N4O4. The van der Waals surface area contributed by atoms with Crippen LogP contribution in [-0.4, -0.2) is 34.8 Å². The third kappa shape index (κ3) is 3.47. The number of nitrogens with zero attached hydrogens (tertiary/aromatic N) is 2. The summed E-state index contributed by atoms with van der Waals surface area (Å²) in [5.74, 6) is 0.992. The van der Waals surface area contributed by atoms with Crippen molar-refractivity contribution in [2.75, 3.05) is 23.8 Å². The van der Waals surface area contributed by atoms with Gasteiger partial charge in [0, 0.05) is 23.7 Å². The van der Waals surface area contributed by atoms with Crippen molar-refractivity contribution in [3.8, 4) is 22.6 Å². The Kier molecular flexibility index (Phi) is 4.59. The predicted octanol–water partition coefficient (Wildman–Crippen LogP) is 2.92. The van der Waals surface area contributed by atoms with Crippen LogP contribution < -0.4 is 20.1 Å². The summed E-state index contributed by atoms with van der Waals surface area (Å²) in [4.78, 5) is 25.2. The van der Waals surface area contributed by atoms with Gasteiger partial charge in [0.15, 0.2) is 11.5 Å². The number of hydrogen-bond acceptors (Lipinski definition) is 5. The number of aromatic nitrogens is 2. The second-order valence-corrected chi connectivity index (χ2v) is 7.25. The normalized spacial score (nSPS) is 17.1. The zero-order chi connectivity index (χ0) is 20.5. The maximum atomic E-state index is 12.6. The van der Waals surface area contributed by atoms with Crippen LogP contribution in [0, 0.1) is 5.92 Å². The SMILES string of the molecule is O=C(CC1Cn2ncc(-c3ccccc3)c2NC1=O)Nc1ccc2c(c1)OCCO2. The lowest BCUT2D eigenvalue weighted by Crippen LogP contribution is -2.36. The van der Waals surface area contributed by atoms with Gasteiger partial charge in [-0.05, 0) is 17.7 Å². The van der Waals surface area contributed by atoms with Gasteiger partial charge < -0.3 is 20.1 Å². The molecule has 1 atom stereocenters. The highest BCUT2D eigenvalue weighted by Crippen LogP contribution is 2.34. The molecule has 30 heavy (non-hydrogen) atoms. The van der Waals surface area contributed by atoms with E-state index in [1.807, 2.05) is 30.3 Å². The molecular weight excluding hydrogens is 384 g/mol. The van der Waals surface area contributed by atoms with E-state index >= 15 is 0 Å². The first-order valence-corrected chi connectivity index (χ1v) is 9.79. The Hall–Kier alpha value is -3.81. The molecule has 0 spiro atoms. The quantitative estimate of drug-likeness (QED) is 0.697. The van der Waals surface area contributed by atoms with Gasteiger partial charge in [-0.25, -0.2) is 4.68 Å². The van der Waals surface area contributed by atoms with Crippen LogP contribution in [0.2, 0.25) is 0 Å². The summed E-state index contributed by atoms with van der Waals surface area (Å²) < 4.78 is 12.8. The fourth-order valence-electron chi connectivity index (χ4n) is 3.71. The highest BCUT2D eigenvalue weighted by atomic mass is 16.6. The molecule has 152 valence electrons. The van der Waals surface area contributed by atoms with E-state index < -0.39 is 5.92 Å². The fourth-order valence-corrected chi connectivity index (χ4v) is 3.71. The molecule has 5 rings (SSSR count). The van der Waals surface area contributed by atoms with Gasteiger partial charge in [0.25, 0.3) is 0 Å². The van der Waals surface area contributed by atoms with Gasteiger partial charge in [-0.15, -0.1) is 0 Å². The molecule has 8 heteroatoms. The van der Waals surface area contributed by atoms with E-state index in [2.05, 4.69) is 15.7 Å². The van der Waals surface area contributed by atoms with Gasteiger partial charge in [0.05, 0.1) is 18.7 Å². The Labute approximate surface area is 172 Å². The van der Waals surface area contributed by atoms with Crippen molar-refractivity contribution in [2.24, 2.45) is 5.92 Å². The zero-order valence-corrected chi connectivity index (χ0v) is 16.1. The molecule has 2 aromatic carbocycles. The zero-order valence-electron chi connectivity index (χ0n) is 16.1. The molecule has 0 aliphatic carbocycles. The maximum absolute atomic E-state index is 12.6. The molecule has 0 saturated carbocycles. The molecule has 2 amide bonds. The third-order valence-corrected chi connectivity index (χ3v) is 5.19. The Morgan fingerprint density at radius 3 is 2.77 bits per heavy atom. The first-order chi connectivity index (χ1) is 14.7. The summed E-state index contributed by atoms with van der Waals surface area (Å²) >= 11 is 0. The molecule has 2 N–H and O–H groups in total. The molecule has 0 bridgehead atoms.